The molecule has 1 heterocycles. The van der Waals surface area contributed by atoms with Crippen molar-refractivity contribution in [2.45, 2.75) is 13.0 Å². The molecule has 18 heavy (non-hydrogen) atoms. The molecule has 0 aromatic heterocycles. The monoisotopic (exact) mass is 269 g/mol. The molecule has 1 aliphatic rings. The summed E-state index contributed by atoms with van der Waals surface area (Å²) in [4.78, 5) is 14.0. The molecule has 1 amide bonds. The van der Waals surface area contributed by atoms with Crippen molar-refractivity contribution in [3.05, 3.63) is 30.3 Å². The number of nitrogens with zero attached hydrogens (tertiary/aromatic N) is 1. The van der Waals surface area contributed by atoms with Gasteiger partial charge in [0, 0.05) is 31.4 Å². The van der Waals surface area contributed by atoms with Crippen LogP contribution in [0.15, 0.2) is 30.3 Å². The van der Waals surface area contributed by atoms with E-state index in [0.717, 1.165) is 25.3 Å². The summed E-state index contributed by atoms with van der Waals surface area (Å²) in [6.45, 7) is 5.44. The van der Waals surface area contributed by atoms with Crippen LogP contribution in [0.1, 0.15) is 6.92 Å². The highest BCUT2D eigenvalue weighted by Crippen LogP contribution is 2.05. The van der Waals surface area contributed by atoms with Crippen molar-refractivity contribution in [2.75, 3.05) is 31.5 Å². The number of amides is 1. The number of carbonyl (C=O) groups is 1. The highest BCUT2D eigenvalue weighted by atomic mass is 35.5. The van der Waals surface area contributed by atoms with E-state index in [0.29, 0.717) is 12.6 Å². The van der Waals surface area contributed by atoms with E-state index in [1.165, 1.54) is 0 Å². The first kappa shape index (κ1) is 15.0. The Morgan fingerprint density at radius 1 is 1.44 bits per heavy atom. The summed E-state index contributed by atoms with van der Waals surface area (Å²) >= 11 is 0. The molecule has 1 aliphatic heterocycles. The largest absolute Gasteiger partial charge is 0.325 e. The number of hydrogen-bond donors (Lipinski definition) is 2. The lowest BCUT2D eigenvalue weighted by molar-refractivity contribution is -0.117. The summed E-state index contributed by atoms with van der Waals surface area (Å²) < 4.78 is 0. The fourth-order valence-corrected chi connectivity index (χ4v) is 2.08. The first-order valence-corrected chi connectivity index (χ1v) is 6.04. The Balaban J connectivity index is 0.00000162. The van der Waals surface area contributed by atoms with Gasteiger partial charge in [-0.15, -0.1) is 12.4 Å². The van der Waals surface area contributed by atoms with Gasteiger partial charge in [-0.05, 0) is 19.1 Å². The Hall–Kier alpha value is -1.10. The van der Waals surface area contributed by atoms with E-state index in [1.54, 1.807) is 0 Å². The van der Waals surface area contributed by atoms with Gasteiger partial charge in [0.25, 0.3) is 0 Å². The molecule has 1 fully saturated rings. The second-order valence-corrected chi connectivity index (χ2v) is 4.50. The molecule has 1 aromatic rings. The van der Waals surface area contributed by atoms with Crippen molar-refractivity contribution < 1.29 is 4.79 Å². The van der Waals surface area contributed by atoms with E-state index in [1.807, 2.05) is 30.3 Å². The predicted octanol–water partition coefficient (Wildman–Crippen LogP) is 1.34. The van der Waals surface area contributed by atoms with Crippen molar-refractivity contribution in [2.24, 2.45) is 0 Å². The molecule has 2 rings (SSSR count). The third kappa shape index (κ3) is 4.64. The Bertz CT molecular complexity index is 372. The van der Waals surface area contributed by atoms with Gasteiger partial charge in [0.15, 0.2) is 0 Å². The van der Waals surface area contributed by atoms with Crippen LogP contribution in [-0.4, -0.2) is 43.0 Å². The highest BCUT2D eigenvalue weighted by Gasteiger charge is 2.17. The molecular formula is C13H20ClN3O. The van der Waals surface area contributed by atoms with Crippen molar-refractivity contribution in [1.82, 2.24) is 10.2 Å². The fourth-order valence-electron chi connectivity index (χ4n) is 2.08. The standard InChI is InChI=1S/C13H19N3O.ClH/c1-11-9-16(8-7-14-11)10-13(17)15-12-5-3-2-4-6-12;/h2-6,11,14H,7-10H2,1H3,(H,15,17);1H. The molecule has 5 heteroatoms. The molecule has 1 atom stereocenters. The van der Waals surface area contributed by atoms with Crippen LogP contribution in [0, 0.1) is 0 Å². The Labute approximate surface area is 114 Å². The summed E-state index contributed by atoms with van der Waals surface area (Å²) in [5.74, 6) is 0.0605. The number of carbonyl (C=O) groups excluding carboxylic acids is 1. The van der Waals surface area contributed by atoms with Crippen LogP contribution in [0.3, 0.4) is 0 Å². The summed E-state index contributed by atoms with van der Waals surface area (Å²) in [5, 5.41) is 6.26. The zero-order valence-corrected chi connectivity index (χ0v) is 11.4. The van der Waals surface area contributed by atoms with Gasteiger partial charge in [0.05, 0.1) is 6.54 Å². The molecule has 0 bridgehead atoms. The van der Waals surface area contributed by atoms with Crippen LogP contribution in [0.2, 0.25) is 0 Å². The predicted molar refractivity (Wildman–Crippen MR) is 76.2 cm³/mol. The van der Waals surface area contributed by atoms with Crippen molar-refractivity contribution in [3.63, 3.8) is 0 Å². The Kier molecular flexibility index (Phi) is 6.12. The van der Waals surface area contributed by atoms with E-state index in [4.69, 9.17) is 0 Å². The molecular weight excluding hydrogens is 250 g/mol. The molecule has 0 aliphatic carbocycles. The second-order valence-electron chi connectivity index (χ2n) is 4.50. The topological polar surface area (TPSA) is 44.4 Å². The Morgan fingerprint density at radius 3 is 2.83 bits per heavy atom. The van der Waals surface area contributed by atoms with Crippen LogP contribution in [0.5, 0.6) is 0 Å². The first-order chi connectivity index (χ1) is 8.24. The molecule has 1 unspecified atom stereocenters. The SMILES string of the molecule is CC1CN(CC(=O)Nc2ccccc2)CCN1.Cl. The van der Waals surface area contributed by atoms with Gasteiger partial charge in [-0.1, -0.05) is 18.2 Å². The number of halogens is 1. The molecule has 0 spiro atoms. The Morgan fingerprint density at radius 2 is 2.17 bits per heavy atom. The smallest absolute Gasteiger partial charge is 0.238 e. The van der Waals surface area contributed by atoms with E-state index in [2.05, 4.69) is 22.5 Å². The normalized spacial score (nSPS) is 19.9. The molecule has 1 saturated heterocycles. The van der Waals surface area contributed by atoms with Crippen molar-refractivity contribution >= 4 is 24.0 Å². The van der Waals surface area contributed by atoms with Crippen LogP contribution in [0.25, 0.3) is 0 Å². The maximum atomic E-state index is 11.8. The summed E-state index contributed by atoms with van der Waals surface area (Å²) in [5.41, 5.74) is 0.862. The number of rotatable bonds is 3. The maximum absolute atomic E-state index is 11.8. The minimum Gasteiger partial charge on any atom is -0.325 e. The van der Waals surface area contributed by atoms with E-state index >= 15 is 0 Å². The van der Waals surface area contributed by atoms with Crippen LogP contribution in [-0.2, 0) is 4.79 Å². The minimum absolute atomic E-state index is 0. The van der Waals surface area contributed by atoms with Crippen molar-refractivity contribution in [1.29, 1.82) is 0 Å². The van der Waals surface area contributed by atoms with Gasteiger partial charge in [-0.25, -0.2) is 0 Å². The maximum Gasteiger partial charge on any atom is 0.238 e. The van der Waals surface area contributed by atoms with Gasteiger partial charge in [-0.2, -0.15) is 0 Å². The van der Waals surface area contributed by atoms with Gasteiger partial charge in [0.1, 0.15) is 0 Å². The zero-order chi connectivity index (χ0) is 12.1. The van der Waals surface area contributed by atoms with E-state index in [-0.39, 0.29) is 18.3 Å². The number of piperazine rings is 1. The van der Waals surface area contributed by atoms with Crippen LogP contribution in [0.4, 0.5) is 5.69 Å². The number of nitrogens with one attached hydrogen (secondary N) is 2. The summed E-state index contributed by atoms with van der Waals surface area (Å²) in [6, 6.07) is 10.0. The van der Waals surface area contributed by atoms with Gasteiger partial charge in [0.2, 0.25) is 5.91 Å². The average molecular weight is 270 g/mol. The number of hydrogen-bond acceptors (Lipinski definition) is 3. The zero-order valence-electron chi connectivity index (χ0n) is 10.6. The molecule has 4 nitrogen and oxygen atoms in total. The lowest BCUT2D eigenvalue weighted by atomic mass is 10.2. The van der Waals surface area contributed by atoms with Gasteiger partial charge in [-0.3, -0.25) is 9.69 Å². The van der Waals surface area contributed by atoms with E-state index < -0.39 is 0 Å². The summed E-state index contributed by atoms with van der Waals surface area (Å²) in [7, 11) is 0. The highest BCUT2D eigenvalue weighted by molar-refractivity contribution is 5.92. The number of anilines is 1. The minimum atomic E-state index is 0. The van der Waals surface area contributed by atoms with Crippen molar-refractivity contribution in [3.8, 4) is 0 Å². The number of benzene rings is 1. The second kappa shape index (κ2) is 7.36. The molecule has 0 radical (unpaired) electrons. The van der Waals surface area contributed by atoms with Crippen LogP contribution < -0.4 is 10.6 Å². The third-order valence-corrected chi connectivity index (χ3v) is 2.88. The first-order valence-electron chi connectivity index (χ1n) is 6.04. The van der Waals surface area contributed by atoms with Gasteiger partial charge >= 0.3 is 0 Å². The quantitative estimate of drug-likeness (QED) is 0.871. The van der Waals surface area contributed by atoms with Crippen LogP contribution >= 0.6 is 12.4 Å². The van der Waals surface area contributed by atoms with E-state index in [9.17, 15) is 4.79 Å². The molecule has 1 aromatic carbocycles. The number of para-hydroxylation sites is 1. The fraction of sp³-hybridized carbons (Fsp3) is 0.462. The van der Waals surface area contributed by atoms with Gasteiger partial charge < -0.3 is 10.6 Å². The third-order valence-electron chi connectivity index (χ3n) is 2.88. The summed E-state index contributed by atoms with van der Waals surface area (Å²) in [6.07, 6.45) is 0. The lowest BCUT2D eigenvalue weighted by Gasteiger charge is -2.31. The molecule has 0 saturated carbocycles. The molecule has 100 valence electrons. The average Bonchev–Trinajstić information content (AvgIpc) is 2.30. The molecule has 2 N–H and O–H groups in total. The lowest BCUT2D eigenvalue weighted by Crippen LogP contribution is -2.51.